The van der Waals surface area contributed by atoms with Gasteiger partial charge < -0.3 is 14.8 Å². The Labute approximate surface area is 172 Å². The Morgan fingerprint density at radius 2 is 1.96 bits per heavy atom. The fourth-order valence-electron chi connectivity index (χ4n) is 2.23. The SMILES string of the molecule is CCOc1cc(/C=C(\C#N)C(=O)Nc2cc(Cl)ccc2Cl)cc(Cl)c1OC. The molecule has 0 saturated heterocycles. The Balaban J connectivity index is 2.36. The Kier molecular flexibility index (Phi) is 7.37. The number of nitrogens with zero attached hydrogens (tertiary/aromatic N) is 1. The summed E-state index contributed by atoms with van der Waals surface area (Å²) in [5.74, 6) is 0.158. The topological polar surface area (TPSA) is 71.3 Å². The number of nitriles is 1. The first kappa shape index (κ1) is 20.9. The number of ether oxygens (including phenoxy) is 2. The van der Waals surface area contributed by atoms with Crippen molar-refractivity contribution in [3.8, 4) is 17.6 Å². The quantitative estimate of drug-likeness (QED) is 0.483. The molecule has 0 saturated carbocycles. The lowest BCUT2D eigenvalue weighted by Crippen LogP contribution is -2.13. The molecule has 2 rings (SSSR count). The van der Waals surface area contributed by atoms with Gasteiger partial charge in [-0.15, -0.1) is 0 Å². The summed E-state index contributed by atoms with van der Waals surface area (Å²) < 4.78 is 10.7. The number of carbonyl (C=O) groups is 1. The molecule has 0 fully saturated rings. The lowest BCUT2D eigenvalue weighted by atomic mass is 10.1. The van der Waals surface area contributed by atoms with Crippen molar-refractivity contribution in [1.29, 1.82) is 5.26 Å². The molecule has 0 spiro atoms. The zero-order valence-electron chi connectivity index (χ0n) is 14.5. The van der Waals surface area contributed by atoms with E-state index in [1.165, 1.54) is 19.3 Å². The Morgan fingerprint density at radius 1 is 1.22 bits per heavy atom. The molecule has 27 heavy (non-hydrogen) atoms. The third-order valence-corrected chi connectivity index (χ3v) is 4.23. The first-order chi connectivity index (χ1) is 12.9. The summed E-state index contributed by atoms with van der Waals surface area (Å²) in [6.45, 7) is 2.22. The highest BCUT2D eigenvalue weighted by Crippen LogP contribution is 2.37. The second kappa shape index (κ2) is 9.52. The molecule has 0 aliphatic heterocycles. The van der Waals surface area contributed by atoms with Crippen molar-refractivity contribution < 1.29 is 14.3 Å². The minimum absolute atomic E-state index is 0.144. The predicted molar refractivity (Wildman–Crippen MR) is 108 cm³/mol. The zero-order chi connectivity index (χ0) is 20.0. The van der Waals surface area contributed by atoms with E-state index in [0.717, 1.165) is 0 Å². The van der Waals surface area contributed by atoms with Crippen molar-refractivity contribution in [3.63, 3.8) is 0 Å². The van der Waals surface area contributed by atoms with E-state index in [0.29, 0.717) is 44.4 Å². The molecule has 0 unspecified atom stereocenters. The largest absolute Gasteiger partial charge is 0.491 e. The zero-order valence-corrected chi connectivity index (χ0v) is 16.7. The number of halogens is 3. The van der Waals surface area contributed by atoms with Crippen molar-refractivity contribution in [1.82, 2.24) is 0 Å². The lowest BCUT2D eigenvalue weighted by Gasteiger charge is -2.12. The maximum atomic E-state index is 12.4. The molecule has 0 radical (unpaired) electrons. The van der Waals surface area contributed by atoms with Gasteiger partial charge in [0.25, 0.3) is 5.91 Å². The van der Waals surface area contributed by atoms with Crippen molar-refractivity contribution in [2.45, 2.75) is 6.92 Å². The highest BCUT2D eigenvalue weighted by Gasteiger charge is 2.15. The van der Waals surface area contributed by atoms with Gasteiger partial charge in [-0.05, 0) is 48.9 Å². The van der Waals surface area contributed by atoms with E-state index >= 15 is 0 Å². The number of methoxy groups -OCH3 is 1. The van der Waals surface area contributed by atoms with Crippen LogP contribution in [0.2, 0.25) is 15.1 Å². The maximum absolute atomic E-state index is 12.4. The van der Waals surface area contributed by atoms with Gasteiger partial charge in [0.05, 0.1) is 29.4 Å². The first-order valence-electron chi connectivity index (χ1n) is 7.78. The lowest BCUT2D eigenvalue weighted by molar-refractivity contribution is -0.112. The second-order valence-corrected chi connectivity index (χ2v) is 6.47. The van der Waals surface area contributed by atoms with Gasteiger partial charge in [0.2, 0.25) is 0 Å². The van der Waals surface area contributed by atoms with Crippen LogP contribution in [0.4, 0.5) is 5.69 Å². The standard InChI is InChI=1S/C19H15Cl3N2O3/c1-3-27-17-8-11(7-15(22)18(17)26-2)6-12(10-23)19(25)24-16-9-13(20)4-5-14(16)21/h4-9H,3H2,1-2H3,(H,24,25)/b12-6+. The number of benzene rings is 2. The van der Waals surface area contributed by atoms with Crippen molar-refractivity contribution in [2.75, 3.05) is 19.0 Å². The van der Waals surface area contributed by atoms with E-state index in [1.54, 1.807) is 24.3 Å². The summed E-state index contributed by atoms with van der Waals surface area (Å²) in [4.78, 5) is 12.4. The van der Waals surface area contributed by atoms with Crippen LogP contribution in [0, 0.1) is 11.3 Å². The van der Waals surface area contributed by atoms with Gasteiger partial charge in [-0.3, -0.25) is 4.79 Å². The van der Waals surface area contributed by atoms with Gasteiger partial charge in [-0.25, -0.2) is 0 Å². The number of hydrogen-bond acceptors (Lipinski definition) is 4. The van der Waals surface area contributed by atoms with E-state index in [4.69, 9.17) is 44.3 Å². The Bertz CT molecular complexity index is 937. The first-order valence-corrected chi connectivity index (χ1v) is 8.91. The van der Waals surface area contributed by atoms with Crippen LogP contribution in [0.1, 0.15) is 12.5 Å². The summed E-state index contributed by atoms with van der Waals surface area (Å²) in [5.41, 5.74) is 0.668. The molecular formula is C19H15Cl3N2O3. The number of carbonyl (C=O) groups excluding carboxylic acids is 1. The van der Waals surface area contributed by atoms with Crippen LogP contribution in [-0.4, -0.2) is 19.6 Å². The molecule has 2 aromatic carbocycles. The highest BCUT2D eigenvalue weighted by molar-refractivity contribution is 6.36. The molecule has 0 aliphatic rings. The van der Waals surface area contributed by atoms with Crippen LogP contribution in [0.25, 0.3) is 6.08 Å². The minimum Gasteiger partial charge on any atom is -0.491 e. The molecule has 140 valence electrons. The molecule has 5 nitrogen and oxygen atoms in total. The van der Waals surface area contributed by atoms with Crippen molar-refractivity contribution in [3.05, 3.63) is 56.5 Å². The van der Waals surface area contributed by atoms with Crippen LogP contribution < -0.4 is 14.8 Å². The van der Waals surface area contributed by atoms with Crippen molar-refractivity contribution >= 4 is 52.5 Å². The van der Waals surface area contributed by atoms with E-state index in [1.807, 2.05) is 13.0 Å². The molecular weight excluding hydrogens is 411 g/mol. The number of amides is 1. The number of rotatable bonds is 6. The van der Waals surface area contributed by atoms with Crippen LogP contribution >= 0.6 is 34.8 Å². The molecule has 1 amide bonds. The summed E-state index contributed by atoms with van der Waals surface area (Å²) in [6.07, 6.45) is 1.39. The Morgan fingerprint density at radius 3 is 2.59 bits per heavy atom. The minimum atomic E-state index is -0.633. The Hall–Kier alpha value is -2.39. The smallest absolute Gasteiger partial charge is 0.266 e. The summed E-state index contributed by atoms with van der Waals surface area (Å²) in [5, 5.41) is 12.9. The van der Waals surface area contributed by atoms with E-state index in [2.05, 4.69) is 5.32 Å². The molecule has 0 heterocycles. The fourth-order valence-corrected chi connectivity index (χ4v) is 2.86. The molecule has 0 atom stereocenters. The van der Waals surface area contributed by atoms with Crippen LogP contribution in [0.15, 0.2) is 35.9 Å². The molecule has 2 aromatic rings. The van der Waals surface area contributed by atoms with Gasteiger partial charge in [0, 0.05) is 5.02 Å². The summed E-state index contributed by atoms with van der Waals surface area (Å²) in [6, 6.07) is 9.70. The molecule has 8 heteroatoms. The van der Waals surface area contributed by atoms with E-state index in [9.17, 15) is 10.1 Å². The average molecular weight is 426 g/mol. The highest BCUT2D eigenvalue weighted by atomic mass is 35.5. The fraction of sp³-hybridized carbons (Fsp3) is 0.158. The normalized spacial score (nSPS) is 10.9. The van der Waals surface area contributed by atoms with Gasteiger partial charge in [-0.2, -0.15) is 5.26 Å². The van der Waals surface area contributed by atoms with E-state index in [-0.39, 0.29) is 5.57 Å². The second-order valence-electron chi connectivity index (χ2n) is 5.22. The number of anilines is 1. The monoisotopic (exact) mass is 424 g/mol. The maximum Gasteiger partial charge on any atom is 0.266 e. The van der Waals surface area contributed by atoms with Gasteiger partial charge in [0.15, 0.2) is 11.5 Å². The van der Waals surface area contributed by atoms with Gasteiger partial charge >= 0.3 is 0 Å². The number of nitrogens with one attached hydrogen (secondary N) is 1. The van der Waals surface area contributed by atoms with E-state index < -0.39 is 5.91 Å². The number of hydrogen-bond donors (Lipinski definition) is 1. The molecule has 1 N–H and O–H groups in total. The van der Waals surface area contributed by atoms with Crippen LogP contribution in [0.5, 0.6) is 11.5 Å². The molecule has 0 bridgehead atoms. The van der Waals surface area contributed by atoms with Gasteiger partial charge in [0.1, 0.15) is 11.6 Å². The molecule has 0 aromatic heterocycles. The van der Waals surface area contributed by atoms with Crippen molar-refractivity contribution in [2.24, 2.45) is 0 Å². The predicted octanol–water partition coefficient (Wildman–Crippen LogP) is 5.60. The average Bonchev–Trinajstić information content (AvgIpc) is 2.62. The third-order valence-electron chi connectivity index (χ3n) is 3.39. The van der Waals surface area contributed by atoms with Crippen LogP contribution in [0.3, 0.4) is 0 Å². The summed E-state index contributed by atoms with van der Waals surface area (Å²) >= 11 is 18.1. The summed E-state index contributed by atoms with van der Waals surface area (Å²) in [7, 11) is 1.47. The molecule has 0 aliphatic carbocycles. The van der Waals surface area contributed by atoms with Crippen LogP contribution in [-0.2, 0) is 4.79 Å². The van der Waals surface area contributed by atoms with Gasteiger partial charge in [-0.1, -0.05) is 34.8 Å². The third kappa shape index (κ3) is 5.30.